The third-order valence-electron chi connectivity index (χ3n) is 6.81. The van der Waals surface area contributed by atoms with E-state index >= 15 is 0 Å². The highest BCUT2D eigenvalue weighted by atomic mass is 16.4. The number of carbonyl (C=O) groups is 3. The van der Waals surface area contributed by atoms with Crippen molar-refractivity contribution < 1.29 is 29.7 Å². The number of anilines is 6. The first-order valence-electron chi connectivity index (χ1n) is 13.3. The summed E-state index contributed by atoms with van der Waals surface area (Å²) in [5.74, 6) is -2.02. The van der Waals surface area contributed by atoms with Crippen LogP contribution >= 0.6 is 0 Å². The van der Waals surface area contributed by atoms with Crippen molar-refractivity contribution in [3.8, 4) is 0 Å². The molecule has 216 valence electrons. The second-order valence-corrected chi connectivity index (χ2v) is 9.89. The van der Waals surface area contributed by atoms with Crippen molar-refractivity contribution in [1.29, 1.82) is 0 Å². The van der Waals surface area contributed by atoms with E-state index in [0.717, 1.165) is 21.5 Å². The number of fused-ring (bicyclic) bond motifs is 2. The molecule has 11 heteroatoms. The van der Waals surface area contributed by atoms with Gasteiger partial charge in [0.2, 0.25) is 5.95 Å². The summed E-state index contributed by atoms with van der Waals surface area (Å²) in [6.07, 6.45) is 0. The minimum absolute atomic E-state index is 0.116. The lowest BCUT2D eigenvalue weighted by Gasteiger charge is -2.14. The van der Waals surface area contributed by atoms with E-state index < -0.39 is 17.9 Å². The van der Waals surface area contributed by atoms with Gasteiger partial charge in [-0.25, -0.2) is 14.4 Å². The highest BCUT2D eigenvalue weighted by Crippen LogP contribution is 2.28. The van der Waals surface area contributed by atoms with E-state index in [1.807, 2.05) is 18.2 Å². The first-order valence-corrected chi connectivity index (χ1v) is 13.3. The topological polar surface area (TPSA) is 174 Å². The van der Waals surface area contributed by atoms with Gasteiger partial charge in [0.15, 0.2) is 0 Å². The Morgan fingerprint density at radius 3 is 1.41 bits per heavy atom. The van der Waals surface area contributed by atoms with Gasteiger partial charge in [0.25, 0.3) is 0 Å². The van der Waals surface area contributed by atoms with E-state index in [4.69, 9.17) is 0 Å². The average Bonchev–Trinajstić information content (AvgIpc) is 3.00. The molecule has 1 aromatic heterocycles. The van der Waals surface area contributed by atoms with Crippen LogP contribution in [0, 0.1) is 0 Å². The molecule has 0 saturated carbocycles. The predicted octanol–water partition coefficient (Wildman–Crippen LogP) is 7.11. The van der Waals surface area contributed by atoms with Crippen molar-refractivity contribution in [3.05, 3.63) is 120 Å². The molecule has 11 nitrogen and oxygen atoms in total. The molecule has 0 fully saturated rings. The van der Waals surface area contributed by atoms with Crippen molar-refractivity contribution in [2.45, 2.75) is 0 Å². The number of carboxylic acids is 3. The maximum atomic E-state index is 11.5. The van der Waals surface area contributed by atoms with Gasteiger partial charge in [-0.2, -0.15) is 9.97 Å². The Hall–Kier alpha value is -6.49. The zero-order valence-corrected chi connectivity index (χ0v) is 22.8. The van der Waals surface area contributed by atoms with Crippen LogP contribution in [0.2, 0.25) is 0 Å². The van der Waals surface area contributed by atoms with Gasteiger partial charge in [-0.15, -0.1) is 0 Å². The Kier molecular flexibility index (Phi) is 7.18. The standard InChI is InChI=1S/C33H23N5O6/c39-30(40)22-2-1-3-25(16-22)34-28-17-29(35-26-10-8-18-12-23(31(41)42)6-4-20(18)14-26)38-33(37-28)36-27-11-9-19-13-24(32(43)44)7-5-21(19)15-27/h1-17H,(H,39,40)(H,41,42)(H,43,44)(H3,34,35,36,37,38). The molecule has 6 N–H and O–H groups in total. The molecule has 0 aliphatic carbocycles. The van der Waals surface area contributed by atoms with E-state index in [0.29, 0.717) is 28.7 Å². The molecule has 0 saturated heterocycles. The van der Waals surface area contributed by atoms with Crippen molar-refractivity contribution in [1.82, 2.24) is 9.97 Å². The van der Waals surface area contributed by atoms with Gasteiger partial charge in [-0.1, -0.05) is 30.3 Å². The second kappa shape index (κ2) is 11.4. The van der Waals surface area contributed by atoms with Crippen LogP contribution < -0.4 is 16.0 Å². The van der Waals surface area contributed by atoms with Crippen LogP contribution in [0.1, 0.15) is 31.1 Å². The summed E-state index contributed by atoms with van der Waals surface area (Å²) in [6, 6.07) is 28.7. The van der Waals surface area contributed by atoms with Crippen LogP contribution in [-0.2, 0) is 0 Å². The number of aromatic nitrogens is 2. The fourth-order valence-electron chi connectivity index (χ4n) is 4.70. The van der Waals surface area contributed by atoms with Gasteiger partial charge < -0.3 is 31.3 Å². The molecule has 0 unspecified atom stereocenters. The average molecular weight is 586 g/mol. The first kappa shape index (κ1) is 27.7. The summed E-state index contributed by atoms with van der Waals surface area (Å²) < 4.78 is 0. The third kappa shape index (κ3) is 6.06. The zero-order valence-electron chi connectivity index (χ0n) is 22.8. The SMILES string of the molecule is O=C(O)c1cccc(Nc2cc(Nc3ccc4cc(C(=O)O)ccc4c3)nc(Nc3ccc4cc(C(=O)O)ccc4c3)n2)c1. The Labute approximate surface area is 249 Å². The fourth-order valence-corrected chi connectivity index (χ4v) is 4.70. The van der Waals surface area contributed by atoms with E-state index in [1.54, 1.807) is 66.7 Å². The minimum atomic E-state index is -1.06. The molecule has 1 heterocycles. The normalized spacial score (nSPS) is 10.8. The first-order chi connectivity index (χ1) is 21.2. The highest BCUT2D eigenvalue weighted by Gasteiger charge is 2.11. The molecule has 0 bridgehead atoms. The smallest absolute Gasteiger partial charge is 0.335 e. The van der Waals surface area contributed by atoms with Crippen molar-refractivity contribution >= 4 is 74.1 Å². The zero-order chi connectivity index (χ0) is 30.8. The molecule has 0 aliphatic rings. The number of hydrogen-bond donors (Lipinski definition) is 6. The third-order valence-corrected chi connectivity index (χ3v) is 6.81. The Balaban J connectivity index is 1.34. The largest absolute Gasteiger partial charge is 0.478 e. The molecular formula is C33H23N5O6. The van der Waals surface area contributed by atoms with E-state index in [2.05, 4.69) is 25.9 Å². The van der Waals surface area contributed by atoms with Crippen molar-refractivity contribution in [2.24, 2.45) is 0 Å². The molecule has 0 radical (unpaired) electrons. The van der Waals surface area contributed by atoms with Crippen LogP contribution in [0.25, 0.3) is 21.5 Å². The van der Waals surface area contributed by atoms with Crippen molar-refractivity contribution in [3.63, 3.8) is 0 Å². The number of nitrogens with one attached hydrogen (secondary N) is 3. The van der Waals surface area contributed by atoms with E-state index in [9.17, 15) is 29.7 Å². The summed E-state index contributed by atoms with van der Waals surface area (Å²) in [5.41, 5.74) is 2.38. The van der Waals surface area contributed by atoms with Gasteiger partial charge in [0.05, 0.1) is 16.7 Å². The Morgan fingerprint density at radius 2 is 0.886 bits per heavy atom. The van der Waals surface area contributed by atoms with Gasteiger partial charge in [-0.3, -0.25) is 0 Å². The molecular weight excluding hydrogens is 562 g/mol. The number of aromatic carboxylic acids is 3. The molecule has 5 aromatic carbocycles. The number of rotatable bonds is 9. The Morgan fingerprint density at radius 1 is 0.455 bits per heavy atom. The van der Waals surface area contributed by atoms with Crippen LogP contribution in [0.4, 0.5) is 34.6 Å². The van der Waals surface area contributed by atoms with Crippen LogP contribution in [0.15, 0.2) is 103 Å². The molecule has 0 aliphatic heterocycles. The van der Waals surface area contributed by atoms with Crippen molar-refractivity contribution in [2.75, 3.05) is 16.0 Å². The van der Waals surface area contributed by atoms with Crippen LogP contribution in [-0.4, -0.2) is 43.2 Å². The lowest BCUT2D eigenvalue weighted by atomic mass is 10.1. The molecule has 6 aromatic rings. The monoisotopic (exact) mass is 585 g/mol. The number of hydrogen-bond acceptors (Lipinski definition) is 8. The van der Waals surface area contributed by atoms with Crippen LogP contribution in [0.3, 0.4) is 0 Å². The summed E-state index contributed by atoms with van der Waals surface area (Å²) in [6.45, 7) is 0. The van der Waals surface area contributed by atoms with Gasteiger partial charge in [0.1, 0.15) is 11.6 Å². The quantitative estimate of drug-likeness (QED) is 0.102. The number of nitrogens with zero attached hydrogens (tertiary/aromatic N) is 2. The summed E-state index contributed by atoms with van der Waals surface area (Å²) in [4.78, 5) is 43.4. The number of benzene rings is 5. The molecule has 0 atom stereocenters. The second-order valence-electron chi connectivity index (χ2n) is 9.89. The number of carboxylic acid groups (broad SMARTS) is 3. The van der Waals surface area contributed by atoms with Gasteiger partial charge in [-0.05, 0) is 88.3 Å². The summed E-state index contributed by atoms with van der Waals surface area (Å²) >= 11 is 0. The molecule has 0 amide bonds. The molecule has 44 heavy (non-hydrogen) atoms. The van der Waals surface area contributed by atoms with Gasteiger partial charge >= 0.3 is 17.9 Å². The lowest BCUT2D eigenvalue weighted by Crippen LogP contribution is -2.05. The Bertz CT molecular complexity index is 2000. The molecule has 6 rings (SSSR count). The fraction of sp³-hybridized carbons (Fsp3) is 0. The minimum Gasteiger partial charge on any atom is -0.478 e. The van der Waals surface area contributed by atoms with E-state index in [1.165, 1.54) is 18.2 Å². The predicted molar refractivity (Wildman–Crippen MR) is 167 cm³/mol. The van der Waals surface area contributed by atoms with Gasteiger partial charge in [0, 0.05) is 23.1 Å². The summed E-state index contributed by atoms with van der Waals surface area (Å²) in [5, 5.41) is 40.8. The lowest BCUT2D eigenvalue weighted by molar-refractivity contribution is 0.0686. The maximum absolute atomic E-state index is 11.5. The maximum Gasteiger partial charge on any atom is 0.335 e. The summed E-state index contributed by atoms with van der Waals surface area (Å²) in [7, 11) is 0. The molecule has 0 spiro atoms. The van der Waals surface area contributed by atoms with Crippen LogP contribution in [0.5, 0.6) is 0 Å². The van der Waals surface area contributed by atoms with E-state index in [-0.39, 0.29) is 22.6 Å². The highest BCUT2D eigenvalue weighted by molar-refractivity contribution is 5.96.